The molecule has 10 rings (SSSR count). The van der Waals surface area contributed by atoms with Crippen LogP contribution in [0, 0.1) is 0 Å². The van der Waals surface area contributed by atoms with Crippen LogP contribution in [0.5, 0.6) is 0 Å². The molecule has 0 radical (unpaired) electrons. The minimum atomic E-state index is 0.881. The fraction of sp³-hybridized carbons (Fsp3) is 0. The SMILES string of the molecule is c1ccc(N(c2ccc3c(c2)oc2ccc4ccccc4c23)c2ccc3c(c2)sc2ccc(N(c4ccccc4)c4ccccc4)cc23)cc1. The largest absolute Gasteiger partial charge is 0.456 e. The maximum absolute atomic E-state index is 6.50. The number of hydrogen-bond donors (Lipinski definition) is 0. The average Bonchev–Trinajstić information content (AvgIpc) is 3.74. The van der Waals surface area contributed by atoms with Crippen LogP contribution in [0.25, 0.3) is 52.9 Å². The molecule has 10 aromatic rings. The lowest BCUT2D eigenvalue weighted by Gasteiger charge is -2.25. The first-order chi connectivity index (χ1) is 24.8. The number of benzene rings is 8. The van der Waals surface area contributed by atoms with Crippen LogP contribution in [0.3, 0.4) is 0 Å². The smallest absolute Gasteiger partial charge is 0.137 e. The van der Waals surface area contributed by atoms with E-state index in [0.29, 0.717) is 0 Å². The summed E-state index contributed by atoms with van der Waals surface area (Å²) in [6, 6.07) is 64.8. The van der Waals surface area contributed by atoms with Crippen molar-refractivity contribution in [2.24, 2.45) is 0 Å². The summed E-state index contributed by atoms with van der Waals surface area (Å²) >= 11 is 1.84. The molecule has 0 bridgehead atoms. The Bertz CT molecular complexity index is 2780. The number of thiophene rings is 1. The Balaban J connectivity index is 1.10. The van der Waals surface area contributed by atoms with Crippen molar-refractivity contribution in [2.45, 2.75) is 0 Å². The molecule has 8 aromatic carbocycles. The van der Waals surface area contributed by atoms with Gasteiger partial charge in [0, 0.05) is 71.1 Å². The Morgan fingerprint density at radius 3 is 1.60 bits per heavy atom. The monoisotopic (exact) mass is 658 g/mol. The van der Waals surface area contributed by atoms with Crippen molar-refractivity contribution in [3.05, 3.63) is 182 Å². The summed E-state index contributed by atoms with van der Waals surface area (Å²) in [5.41, 5.74) is 8.44. The zero-order valence-corrected chi connectivity index (χ0v) is 27.8. The van der Waals surface area contributed by atoms with E-state index < -0.39 is 0 Å². The number of anilines is 6. The molecule has 2 heterocycles. The lowest BCUT2D eigenvalue weighted by molar-refractivity contribution is 0.669. The molecule has 0 spiro atoms. The summed E-state index contributed by atoms with van der Waals surface area (Å²) in [7, 11) is 0. The van der Waals surface area contributed by atoms with E-state index in [9.17, 15) is 0 Å². The Hall–Kier alpha value is -6.36. The van der Waals surface area contributed by atoms with E-state index in [4.69, 9.17) is 4.42 Å². The topological polar surface area (TPSA) is 19.6 Å². The van der Waals surface area contributed by atoms with Gasteiger partial charge in [0.1, 0.15) is 11.2 Å². The second-order valence-electron chi connectivity index (χ2n) is 12.6. The molecule has 0 aliphatic heterocycles. The molecule has 50 heavy (non-hydrogen) atoms. The summed E-state index contributed by atoms with van der Waals surface area (Å²) in [5.74, 6) is 0. The highest BCUT2D eigenvalue weighted by Crippen LogP contribution is 2.44. The van der Waals surface area contributed by atoms with Crippen molar-refractivity contribution in [2.75, 3.05) is 9.80 Å². The van der Waals surface area contributed by atoms with Gasteiger partial charge in [0.25, 0.3) is 0 Å². The van der Waals surface area contributed by atoms with Gasteiger partial charge in [-0.1, -0.05) is 91.0 Å². The van der Waals surface area contributed by atoms with E-state index in [0.717, 1.165) is 50.7 Å². The van der Waals surface area contributed by atoms with Gasteiger partial charge >= 0.3 is 0 Å². The average molecular weight is 659 g/mol. The number of para-hydroxylation sites is 3. The van der Waals surface area contributed by atoms with E-state index in [1.165, 1.54) is 36.3 Å². The van der Waals surface area contributed by atoms with E-state index in [-0.39, 0.29) is 0 Å². The van der Waals surface area contributed by atoms with Gasteiger partial charge in [-0.25, -0.2) is 0 Å². The quantitative estimate of drug-likeness (QED) is 0.177. The Morgan fingerprint density at radius 2 is 0.900 bits per heavy atom. The fourth-order valence-corrected chi connectivity index (χ4v) is 8.45. The van der Waals surface area contributed by atoms with Crippen LogP contribution in [-0.2, 0) is 0 Å². The highest BCUT2D eigenvalue weighted by atomic mass is 32.1. The van der Waals surface area contributed by atoms with E-state index in [1.807, 2.05) is 11.3 Å². The standard InChI is InChI=1S/C46H30N2OS/c1-4-13-32(14-5-1)47(33-15-6-2-7-16-33)35-23-27-44-41(28-35)39-24-21-37(30-45(39)50-44)48(34-17-8-3-9-18-34)36-22-25-40-43(29-36)49-42-26-20-31-12-10-11-19-38(31)46(40)42/h1-30H. The molecule has 0 amide bonds. The van der Waals surface area contributed by atoms with Gasteiger partial charge < -0.3 is 14.2 Å². The molecule has 2 aromatic heterocycles. The second-order valence-corrected chi connectivity index (χ2v) is 13.7. The number of fused-ring (bicyclic) bond motifs is 8. The molecule has 0 aliphatic carbocycles. The van der Waals surface area contributed by atoms with Gasteiger partial charge in [-0.15, -0.1) is 11.3 Å². The maximum atomic E-state index is 6.50. The summed E-state index contributed by atoms with van der Waals surface area (Å²) in [6.07, 6.45) is 0. The first kappa shape index (κ1) is 28.6. The zero-order chi connectivity index (χ0) is 33.0. The molecule has 3 nitrogen and oxygen atoms in total. The van der Waals surface area contributed by atoms with Crippen LogP contribution >= 0.6 is 11.3 Å². The van der Waals surface area contributed by atoms with Crippen molar-refractivity contribution >= 4 is 98.3 Å². The summed E-state index contributed by atoms with van der Waals surface area (Å²) in [4.78, 5) is 4.65. The lowest BCUT2D eigenvalue weighted by Crippen LogP contribution is -2.09. The normalized spacial score (nSPS) is 11.6. The molecule has 0 atom stereocenters. The number of furan rings is 1. The highest BCUT2D eigenvalue weighted by Gasteiger charge is 2.19. The van der Waals surface area contributed by atoms with Gasteiger partial charge in [-0.2, -0.15) is 0 Å². The molecular weight excluding hydrogens is 629 g/mol. The van der Waals surface area contributed by atoms with Gasteiger partial charge in [0.2, 0.25) is 0 Å². The third-order valence-electron chi connectivity index (χ3n) is 9.60. The Labute approximate surface area is 293 Å². The first-order valence-electron chi connectivity index (χ1n) is 16.8. The molecule has 236 valence electrons. The molecule has 0 N–H and O–H groups in total. The Morgan fingerprint density at radius 1 is 0.340 bits per heavy atom. The van der Waals surface area contributed by atoms with E-state index in [1.54, 1.807) is 0 Å². The van der Waals surface area contributed by atoms with Crippen LogP contribution in [-0.4, -0.2) is 0 Å². The van der Waals surface area contributed by atoms with Gasteiger partial charge in [0.05, 0.1) is 0 Å². The van der Waals surface area contributed by atoms with Crippen molar-refractivity contribution in [1.82, 2.24) is 0 Å². The van der Waals surface area contributed by atoms with Crippen molar-refractivity contribution in [3.8, 4) is 0 Å². The van der Waals surface area contributed by atoms with E-state index in [2.05, 4.69) is 192 Å². The minimum absolute atomic E-state index is 0.881. The fourth-order valence-electron chi connectivity index (χ4n) is 7.33. The summed E-state index contributed by atoms with van der Waals surface area (Å²) < 4.78 is 9.01. The third-order valence-corrected chi connectivity index (χ3v) is 10.7. The highest BCUT2D eigenvalue weighted by molar-refractivity contribution is 7.25. The van der Waals surface area contributed by atoms with Gasteiger partial charge in [-0.05, 0) is 95.7 Å². The predicted molar refractivity (Wildman–Crippen MR) is 213 cm³/mol. The third kappa shape index (κ3) is 4.73. The van der Waals surface area contributed by atoms with Gasteiger partial charge in [-0.3, -0.25) is 0 Å². The Kier molecular flexibility index (Phi) is 6.68. The van der Waals surface area contributed by atoms with Crippen LogP contribution in [0.2, 0.25) is 0 Å². The maximum Gasteiger partial charge on any atom is 0.137 e. The zero-order valence-electron chi connectivity index (χ0n) is 27.0. The van der Waals surface area contributed by atoms with Crippen LogP contribution in [0.15, 0.2) is 186 Å². The van der Waals surface area contributed by atoms with Gasteiger partial charge in [0.15, 0.2) is 0 Å². The van der Waals surface area contributed by atoms with Crippen molar-refractivity contribution in [3.63, 3.8) is 0 Å². The van der Waals surface area contributed by atoms with Crippen LogP contribution in [0.4, 0.5) is 34.1 Å². The molecule has 0 unspecified atom stereocenters. The van der Waals surface area contributed by atoms with Crippen LogP contribution < -0.4 is 9.80 Å². The number of hydrogen-bond acceptors (Lipinski definition) is 4. The molecule has 0 saturated heterocycles. The minimum Gasteiger partial charge on any atom is -0.456 e. The molecule has 0 fully saturated rings. The molecule has 4 heteroatoms. The molecule has 0 saturated carbocycles. The summed E-state index contributed by atoms with van der Waals surface area (Å²) in [5, 5.41) is 7.24. The first-order valence-corrected chi connectivity index (χ1v) is 17.7. The van der Waals surface area contributed by atoms with Crippen LogP contribution in [0.1, 0.15) is 0 Å². The lowest BCUT2D eigenvalue weighted by atomic mass is 10.0. The predicted octanol–water partition coefficient (Wildman–Crippen LogP) is 14.0. The second kappa shape index (κ2) is 11.7. The molecule has 0 aliphatic rings. The van der Waals surface area contributed by atoms with E-state index >= 15 is 0 Å². The number of nitrogens with zero attached hydrogens (tertiary/aromatic N) is 2. The number of rotatable bonds is 6. The van der Waals surface area contributed by atoms with Crippen molar-refractivity contribution in [1.29, 1.82) is 0 Å². The molecular formula is C46H30N2OS. The summed E-state index contributed by atoms with van der Waals surface area (Å²) in [6.45, 7) is 0. The van der Waals surface area contributed by atoms with Crippen molar-refractivity contribution < 1.29 is 4.42 Å².